The monoisotopic (exact) mass is 290 g/mol. The number of nitrogens with zero attached hydrogens (tertiary/aromatic N) is 2. The number of hydrogen-bond acceptors (Lipinski definition) is 3. The molecule has 0 aromatic heterocycles. The van der Waals surface area contributed by atoms with Gasteiger partial charge in [0.2, 0.25) is 5.91 Å². The quantitative estimate of drug-likeness (QED) is 0.889. The number of aliphatic carboxylic acids is 1. The Bertz CT molecular complexity index is 528. The molecule has 0 bridgehead atoms. The molecule has 2 rings (SSSR count). The van der Waals surface area contributed by atoms with Gasteiger partial charge in [-0.15, -0.1) is 0 Å². The standard InChI is InChI=1S/C16H22N2O3/c1-17(2)15(19)8-5-9-18-11-13-7-4-3-6-12(13)10-14(18)16(20)21/h3-4,6-7,14H,5,8-11H2,1-2H3,(H,20,21). The van der Waals surface area contributed by atoms with E-state index in [0.29, 0.717) is 32.4 Å². The fourth-order valence-corrected chi connectivity index (χ4v) is 2.71. The Morgan fingerprint density at radius 2 is 1.95 bits per heavy atom. The molecule has 0 radical (unpaired) electrons. The zero-order chi connectivity index (χ0) is 15.4. The van der Waals surface area contributed by atoms with Crippen molar-refractivity contribution in [3.05, 3.63) is 35.4 Å². The van der Waals surface area contributed by atoms with E-state index in [1.807, 2.05) is 29.2 Å². The van der Waals surface area contributed by atoms with Crippen LogP contribution in [-0.2, 0) is 22.6 Å². The first kappa shape index (κ1) is 15.5. The average Bonchev–Trinajstić information content (AvgIpc) is 2.46. The summed E-state index contributed by atoms with van der Waals surface area (Å²) in [6.45, 7) is 1.27. The van der Waals surface area contributed by atoms with Crippen LogP contribution in [0.25, 0.3) is 0 Å². The lowest BCUT2D eigenvalue weighted by Gasteiger charge is -2.34. The van der Waals surface area contributed by atoms with E-state index in [4.69, 9.17) is 0 Å². The van der Waals surface area contributed by atoms with Crippen molar-refractivity contribution in [1.82, 2.24) is 9.80 Å². The van der Waals surface area contributed by atoms with Gasteiger partial charge in [-0.3, -0.25) is 14.5 Å². The van der Waals surface area contributed by atoms with Crippen molar-refractivity contribution in [2.45, 2.75) is 31.8 Å². The van der Waals surface area contributed by atoms with Gasteiger partial charge in [0, 0.05) is 27.1 Å². The molecule has 1 N–H and O–H groups in total. The van der Waals surface area contributed by atoms with Crippen molar-refractivity contribution < 1.29 is 14.7 Å². The Hall–Kier alpha value is -1.88. The van der Waals surface area contributed by atoms with E-state index in [-0.39, 0.29) is 5.91 Å². The highest BCUT2D eigenvalue weighted by atomic mass is 16.4. The fourth-order valence-electron chi connectivity index (χ4n) is 2.71. The minimum atomic E-state index is -0.788. The second-order valence-corrected chi connectivity index (χ2v) is 5.69. The highest BCUT2D eigenvalue weighted by Gasteiger charge is 2.30. The maximum Gasteiger partial charge on any atom is 0.321 e. The summed E-state index contributed by atoms with van der Waals surface area (Å²) in [6.07, 6.45) is 1.67. The van der Waals surface area contributed by atoms with Crippen LogP contribution in [0.1, 0.15) is 24.0 Å². The summed E-state index contributed by atoms with van der Waals surface area (Å²) >= 11 is 0. The highest BCUT2D eigenvalue weighted by molar-refractivity contribution is 5.75. The van der Waals surface area contributed by atoms with Gasteiger partial charge >= 0.3 is 5.97 Å². The van der Waals surface area contributed by atoms with Crippen molar-refractivity contribution >= 4 is 11.9 Å². The molecule has 1 atom stereocenters. The molecular weight excluding hydrogens is 268 g/mol. The van der Waals surface area contributed by atoms with Gasteiger partial charge in [-0.2, -0.15) is 0 Å². The molecule has 1 amide bonds. The third-order valence-electron chi connectivity index (χ3n) is 3.97. The number of carbonyl (C=O) groups is 2. The van der Waals surface area contributed by atoms with E-state index in [2.05, 4.69) is 0 Å². The van der Waals surface area contributed by atoms with Crippen molar-refractivity contribution in [2.75, 3.05) is 20.6 Å². The molecule has 1 aromatic rings. The summed E-state index contributed by atoms with van der Waals surface area (Å²) in [6, 6.07) is 7.48. The maximum absolute atomic E-state index is 11.6. The molecule has 21 heavy (non-hydrogen) atoms. The molecule has 0 saturated carbocycles. The highest BCUT2D eigenvalue weighted by Crippen LogP contribution is 2.23. The van der Waals surface area contributed by atoms with Crippen LogP contribution in [0, 0.1) is 0 Å². The summed E-state index contributed by atoms with van der Waals surface area (Å²) in [4.78, 5) is 26.6. The molecule has 5 nitrogen and oxygen atoms in total. The molecule has 1 aliphatic rings. The van der Waals surface area contributed by atoms with Crippen molar-refractivity contribution in [2.24, 2.45) is 0 Å². The Kier molecular flexibility index (Phi) is 4.96. The van der Waals surface area contributed by atoms with E-state index in [0.717, 1.165) is 5.56 Å². The first-order valence-corrected chi connectivity index (χ1v) is 7.23. The van der Waals surface area contributed by atoms with Crippen LogP contribution in [0.3, 0.4) is 0 Å². The molecular formula is C16H22N2O3. The molecule has 1 unspecified atom stereocenters. The second kappa shape index (κ2) is 6.72. The first-order chi connectivity index (χ1) is 9.99. The van der Waals surface area contributed by atoms with Crippen LogP contribution in [0.2, 0.25) is 0 Å². The maximum atomic E-state index is 11.6. The molecule has 1 aromatic carbocycles. The van der Waals surface area contributed by atoms with E-state index in [1.165, 1.54) is 5.56 Å². The number of rotatable bonds is 5. The van der Waals surface area contributed by atoms with Gasteiger partial charge in [0.15, 0.2) is 0 Å². The molecule has 114 valence electrons. The minimum absolute atomic E-state index is 0.0827. The Labute approximate surface area is 125 Å². The van der Waals surface area contributed by atoms with Crippen molar-refractivity contribution in [3.8, 4) is 0 Å². The molecule has 0 aliphatic carbocycles. The SMILES string of the molecule is CN(C)C(=O)CCCN1Cc2ccccc2CC1C(=O)O. The zero-order valence-corrected chi connectivity index (χ0v) is 12.6. The van der Waals surface area contributed by atoms with Gasteiger partial charge in [-0.1, -0.05) is 24.3 Å². The average molecular weight is 290 g/mol. The van der Waals surface area contributed by atoms with Crippen LogP contribution in [0.5, 0.6) is 0 Å². The summed E-state index contributed by atoms with van der Waals surface area (Å²) in [7, 11) is 3.47. The lowest BCUT2D eigenvalue weighted by Crippen LogP contribution is -2.46. The molecule has 5 heteroatoms. The summed E-state index contributed by atoms with van der Waals surface area (Å²) < 4.78 is 0. The Morgan fingerprint density at radius 1 is 1.29 bits per heavy atom. The number of carbonyl (C=O) groups excluding carboxylic acids is 1. The third-order valence-corrected chi connectivity index (χ3v) is 3.97. The van der Waals surface area contributed by atoms with Crippen molar-refractivity contribution in [1.29, 1.82) is 0 Å². The molecule has 1 heterocycles. The van der Waals surface area contributed by atoms with E-state index < -0.39 is 12.0 Å². The predicted octanol–water partition coefficient (Wildman–Crippen LogP) is 1.37. The lowest BCUT2D eigenvalue weighted by molar-refractivity contribution is -0.144. The van der Waals surface area contributed by atoms with Gasteiger partial charge in [0.1, 0.15) is 6.04 Å². The van der Waals surface area contributed by atoms with E-state index in [1.54, 1.807) is 19.0 Å². The topological polar surface area (TPSA) is 60.9 Å². The summed E-state index contributed by atoms with van der Waals surface area (Å²) in [5.74, 6) is -0.706. The van der Waals surface area contributed by atoms with E-state index in [9.17, 15) is 14.7 Å². The number of carboxylic acid groups (broad SMARTS) is 1. The van der Waals surface area contributed by atoms with Gasteiger partial charge < -0.3 is 10.0 Å². The molecule has 1 aliphatic heterocycles. The van der Waals surface area contributed by atoms with E-state index >= 15 is 0 Å². The smallest absolute Gasteiger partial charge is 0.321 e. The molecule has 0 saturated heterocycles. The summed E-state index contributed by atoms with van der Waals surface area (Å²) in [5.41, 5.74) is 2.31. The van der Waals surface area contributed by atoms with Gasteiger partial charge in [0.05, 0.1) is 0 Å². The van der Waals surface area contributed by atoms with Crippen LogP contribution in [-0.4, -0.2) is 53.5 Å². The third kappa shape index (κ3) is 3.82. The number of fused-ring (bicyclic) bond motifs is 1. The van der Waals surface area contributed by atoms with Gasteiger partial charge in [0.25, 0.3) is 0 Å². The Balaban J connectivity index is 2.00. The fraction of sp³-hybridized carbons (Fsp3) is 0.500. The molecule has 0 fully saturated rings. The van der Waals surface area contributed by atoms with Crippen LogP contribution in [0.15, 0.2) is 24.3 Å². The van der Waals surface area contributed by atoms with Crippen molar-refractivity contribution in [3.63, 3.8) is 0 Å². The van der Waals surface area contributed by atoms with Crippen LogP contribution >= 0.6 is 0 Å². The van der Waals surface area contributed by atoms with Crippen LogP contribution in [0.4, 0.5) is 0 Å². The Morgan fingerprint density at radius 3 is 2.57 bits per heavy atom. The first-order valence-electron chi connectivity index (χ1n) is 7.23. The summed E-state index contributed by atoms with van der Waals surface area (Å²) in [5, 5.41) is 9.41. The number of carboxylic acids is 1. The van der Waals surface area contributed by atoms with Crippen LogP contribution < -0.4 is 0 Å². The largest absolute Gasteiger partial charge is 0.480 e. The normalized spacial score (nSPS) is 18.1. The lowest BCUT2D eigenvalue weighted by atomic mass is 9.94. The number of amides is 1. The minimum Gasteiger partial charge on any atom is -0.480 e. The number of hydrogen-bond donors (Lipinski definition) is 1. The molecule has 0 spiro atoms. The predicted molar refractivity (Wildman–Crippen MR) is 79.9 cm³/mol. The van der Waals surface area contributed by atoms with Gasteiger partial charge in [-0.25, -0.2) is 0 Å². The second-order valence-electron chi connectivity index (χ2n) is 5.69. The zero-order valence-electron chi connectivity index (χ0n) is 12.6. The number of benzene rings is 1. The van der Waals surface area contributed by atoms with Gasteiger partial charge in [-0.05, 0) is 30.5 Å².